The Balaban J connectivity index is 1.59. The number of nitrogens with zero attached hydrogens (tertiary/aromatic N) is 1. The number of para-hydroxylation sites is 2. The Bertz CT molecular complexity index is 1130. The van der Waals surface area contributed by atoms with Crippen molar-refractivity contribution >= 4 is 15.9 Å². The molecule has 3 rings (SSSR count). The summed E-state index contributed by atoms with van der Waals surface area (Å²) >= 11 is 0. The molecule has 0 atom stereocenters. The van der Waals surface area contributed by atoms with Crippen LogP contribution in [0, 0.1) is 0 Å². The first-order valence-electron chi connectivity index (χ1n) is 9.59. The summed E-state index contributed by atoms with van der Waals surface area (Å²) < 4.78 is 37.0. The zero-order chi connectivity index (χ0) is 22.3. The van der Waals surface area contributed by atoms with Gasteiger partial charge in [0, 0.05) is 24.4 Å². The second-order valence-corrected chi connectivity index (χ2v) is 8.29. The smallest absolute Gasteiger partial charge is 0.251 e. The van der Waals surface area contributed by atoms with Crippen LogP contribution in [0.15, 0.2) is 71.8 Å². The van der Waals surface area contributed by atoms with Crippen LogP contribution < -0.4 is 19.5 Å². The van der Waals surface area contributed by atoms with Gasteiger partial charge in [-0.1, -0.05) is 18.2 Å². The molecule has 0 aliphatic heterocycles. The van der Waals surface area contributed by atoms with Crippen molar-refractivity contribution < 1.29 is 22.7 Å². The number of hydrogen-bond donors (Lipinski definition) is 2. The molecule has 1 heterocycles. The van der Waals surface area contributed by atoms with Crippen LogP contribution in [0.4, 0.5) is 0 Å². The minimum absolute atomic E-state index is 0.0947. The van der Waals surface area contributed by atoms with E-state index in [4.69, 9.17) is 9.47 Å². The van der Waals surface area contributed by atoms with Crippen LogP contribution in [0.1, 0.15) is 22.8 Å². The summed E-state index contributed by atoms with van der Waals surface area (Å²) in [6.45, 7) is 2.69. The fourth-order valence-electron chi connectivity index (χ4n) is 2.69. The van der Waals surface area contributed by atoms with Crippen molar-refractivity contribution in [2.75, 3.05) is 13.7 Å². The number of sulfonamides is 1. The monoisotopic (exact) mass is 441 g/mol. The van der Waals surface area contributed by atoms with Gasteiger partial charge in [0.1, 0.15) is 0 Å². The molecule has 0 aliphatic carbocycles. The Morgan fingerprint density at radius 1 is 1.00 bits per heavy atom. The maximum Gasteiger partial charge on any atom is 0.251 e. The molecule has 0 saturated carbocycles. The minimum Gasteiger partial charge on any atom is -0.490 e. The zero-order valence-electron chi connectivity index (χ0n) is 17.2. The molecule has 2 aromatic carbocycles. The lowest BCUT2D eigenvalue weighted by molar-refractivity contribution is 0.0951. The second kappa shape index (κ2) is 10.1. The number of ether oxygens (including phenoxy) is 2. The van der Waals surface area contributed by atoms with Gasteiger partial charge in [-0.25, -0.2) is 18.1 Å². The van der Waals surface area contributed by atoms with Crippen molar-refractivity contribution in [2.24, 2.45) is 0 Å². The number of nitrogens with one attached hydrogen (secondary N) is 2. The quantitative estimate of drug-likeness (QED) is 0.528. The molecule has 9 heteroatoms. The van der Waals surface area contributed by atoms with E-state index < -0.39 is 10.0 Å². The second-order valence-electron chi connectivity index (χ2n) is 6.40. The van der Waals surface area contributed by atoms with E-state index in [-0.39, 0.29) is 17.3 Å². The number of hydrogen-bond acceptors (Lipinski definition) is 6. The highest BCUT2D eigenvalue weighted by molar-refractivity contribution is 7.89. The van der Waals surface area contributed by atoms with E-state index in [0.29, 0.717) is 29.5 Å². The Hall–Kier alpha value is -3.43. The lowest BCUT2D eigenvalue weighted by Gasteiger charge is -2.11. The van der Waals surface area contributed by atoms with Gasteiger partial charge in [0.2, 0.25) is 15.9 Å². The van der Waals surface area contributed by atoms with E-state index in [0.717, 1.165) is 5.56 Å². The Labute approximate surface area is 181 Å². The molecule has 31 heavy (non-hydrogen) atoms. The topological polar surface area (TPSA) is 107 Å². The van der Waals surface area contributed by atoms with Crippen LogP contribution in [0.5, 0.6) is 17.4 Å². The zero-order valence-corrected chi connectivity index (χ0v) is 18.0. The van der Waals surface area contributed by atoms with Gasteiger partial charge in [-0.05, 0) is 55.9 Å². The number of amides is 1. The van der Waals surface area contributed by atoms with Gasteiger partial charge < -0.3 is 14.8 Å². The number of carbonyl (C=O) groups is 1. The molecule has 0 spiro atoms. The van der Waals surface area contributed by atoms with Crippen molar-refractivity contribution in [3.05, 3.63) is 78.0 Å². The van der Waals surface area contributed by atoms with E-state index in [9.17, 15) is 13.2 Å². The fraction of sp³-hybridized carbons (Fsp3) is 0.182. The molecule has 1 amide bonds. The fourth-order valence-corrected chi connectivity index (χ4v) is 3.42. The van der Waals surface area contributed by atoms with E-state index in [1.165, 1.54) is 31.3 Å². The van der Waals surface area contributed by atoms with Crippen molar-refractivity contribution in [2.45, 2.75) is 18.4 Å². The summed E-state index contributed by atoms with van der Waals surface area (Å²) in [5.41, 5.74) is 1.14. The number of benzene rings is 2. The van der Waals surface area contributed by atoms with Crippen molar-refractivity contribution in [1.82, 2.24) is 15.0 Å². The lowest BCUT2D eigenvalue weighted by Crippen LogP contribution is -2.23. The van der Waals surface area contributed by atoms with Crippen LogP contribution in [0.25, 0.3) is 0 Å². The van der Waals surface area contributed by atoms with Crippen LogP contribution in [-0.2, 0) is 16.6 Å². The van der Waals surface area contributed by atoms with Crippen LogP contribution >= 0.6 is 0 Å². The maximum atomic E-state index is 12.3. The number of pyridine rings is 1. The van der Waals surface area contributed by atoms with Crippen molar-refractivity contribution in [3.63, 3.8) is 0 Å². The average molecular weight is 442 g/mol. The Morgan fingerprint density at radius 2 is 1.71 bits per heavy atom. The number of rotatable bonds is 9. The Morgan fingerprint density at radius 3 is 2.32 bits per heavy atom. The van der Waals surface area contributed by atoms with E-state index in [2.05, 4.69) is 15.0 Å². The third kappa shape index (κ3) is 5.80. The molecule has 3 aromatic rings. The summed E-state index contributed by atoms with van der Waals surface area (Å²) in [5.74, 6) is 1.29. The molecule has 0 saturated heterocycles. The maximum absolute atomic E-state index is 12.3. The van der Waals surface area contributed by atoms with Crippen LogP contribution in [0.2, 0.25) is 0 Å². The highest BCUT2D eigenvalue weighted by Gasteiger charge is 2.13. The van der Waals surface area contributed by atoms with Crippen LogP contribution in [0.3, 0.4) is 0 Å². The van der Waals surface area contributed by atoms with Gasteiger partial charge in [0.25, 0.3) is 5.91 Å². The summed E-state index contributed by atoms with van der Waals surface area (Å²) in [7, 11) is -2.21. The summed E-state index contributed by atoms with van der Waals surface area (Å²) in [4.78, 5) is 16.7. The molecule has 1 aromatic heterocycles. The highest BCUT2D eigenvalue weighted by Crippen LogP contribution is 2.30. The van der Waals surface area contributed by atoms with Crippen LogP contribution in [-0.4, -0.2) is 33.0 Å². The molecule has 0 bridgehead atoms. The SMILES string of the molecule is CCOc1ccccc1Oc1ccc(CNC(=O)c2ccc(S(=O)(=O)NC)cc2)cn1. The summed E-state index contributed by atoms with van der Waals surface area (Å²) in [6, 6.07) is 16.5. The van der Waals surface area contributed by atoms with Gasteiger partial charge in [-0.15, -0.1) is 0 Å². The third-order valence-corrected chi connectivity index (χ3v) is 5.74. The van der Waals surface area contributed by atoms with E-state index in [1.807, 2.05) is 25.1 Å². The molecule has 8 nitrogen and oxygen atoms in total. The molecular weight excluding hydrogens is 418 g/mol. The first-order valence-corrected chi connectivity index (χ1v) is 11.1. The molecule has 162 valence electrons. The van der Waals surface area contributed by atoms with E-state index >= 15 is 0 Å². The van der Waals surface area contributed by atoms with Gasteiger partial charge >= 0.3 is 0 Å². The van der Waals surface area contributed by atoms with Crippen molar-refractivity contribution in [1.29, 1.82) is 0 Å². The average Bonchev–Trinajstić information content (AvgIpc) is 2.80. The normalized spacial score (nSPS) is 11.0. The lowest BCUT2D eigenvalue weighted by atomic mass is 10.2. The highest BCUT2D eigenvalue weighted by atomic mass is 32.2. The number of carbonyl (C=O) groups excluding carboxylic acids is 1. The van der Waals surface area contributed by atoms with E-state index in [1.54, 1.807) is 24.4 Å². The minimum atomic E-state index is -3.54. The van der Waals surface area contributed by atoms with Gasteiger partial charge in [-0.2, -0.15) is 0 Å². The summed E-state index contributed by atoms with van der Waals surface area (Å²) in [6.07, 6.45) is 1.61. The standard InChI is InChI=1S/C22H23N3O5S/c1-3-29-19-6-4-5-7-20(19)30-21-13-8-16(14-24-21)15-25-22(26)17-9-11-18(12-10-17)31(27,28)23-2/h4-14,23H,3,15H2,1-2H3,(H,25,26). The van der Waals surface area contributed by atoms with Gasteiger partial charge in [0.15, 0.2) is 11.5 Å². The first kappa shape index (κ1) is 22.3. The predicted molar refractivity (Wildman–Crippen MR) is 116 cm³/mol. The molecule has 0 unspecified atom stereocenters. The molecule has 2 N–H and O–H groups in total. The molecule has 0 radical (unpaired) electrons. The first-order chi connectivity index (χ1) is 14.9. The van der Waals surface area contributed by atoms with Gasteiger partial charge in [0.05, 0.1) is 11.5 Å². The summed E-state index contributed by atoms with van der Waals surface area (Å²) in [5, 5.41) is 2.78. The molecule has 0 fully saturated rings. The van der Waals surface area contributed by atoms with Crippen molar-refractivity contribution in [3.8, 4) is 17.4 Å². The molecule has 0 aliphatic rings. The number of aromatic nitrogens is 1. The Kier molecular flexibility index (Phi) is 7.22. The largest absolute Gasteiger partial charge is 0.490 e. The molecular formula is C22H23N3O5S. The predicted octanol–water partition coefficient (Wildman–Crippen LogP) is 3.11. The van der Waals surface area contributed by atoms with Gasteiger partial charge in [-0.3, -0.25) is 4.79 Å². The third-order valence-electron chi connectivity index (χ3n) is 4.31.